The van der Waals surface area contributed by atoms with Crippen LogP contribution in [0.15, 0.2) is 51.6 Å². The van der Waals surface area contributed by atoms with Gasteiger partial charge in [-0.3, -0.25) is 9.89 Å². The monoisotopic (exact) mass is 477 g/mol. The third-order valence-electron chi connectivity index (χ3n) is 5.88. The fourth-order valence-corrected chi connectivity index (χ4v) is 4.17. The average molecular weight is 478 g/mol. The highest BCUT2D eigenvalue weighted by molar-refractivity contribution is 5.79. The van der Waals surface area contributed by atoms with Gasteiger partial charge in [0.2, 0.25) is 5.91 Å². The number of amides is 1. The Hall–Kier alpha value is -4.08. The van der Waals surface area contributed by atoms with Crippen LogP contribution in [-0.4, -0.2) is 57.4 Å². The van der Waals surface area contributed by atoms with Crippen molar-refractivity contribution >= 4 is 5.91 Å². The standard InChI is InChI=1S/C25H27N5O5/c1-3-32-21-8-7-16(12-22(21)33-4-2)9-10-30-15-17(13-23(30)31)24-26-25(35-29-24)19-14-18(27-28-19)20-6-5-11-34-20/h5-8,11-12,14,17H,3-4,9-10,13,15H2,1-2H3,(H,27,28). The van der Waals surface area contributed by atoms with Crippen LogP contribution in [0.25, 0.3) is 23.0 Å². The first-order valence-corrected chi connectivity index (χ1v) is 11.7. The van der Waals surface area contributed by atoms with Gasteiger partial charge in [0.1, 0.15) is 11.4 Å². The van der Waals surface area contributed by atoms with Crippen molar-refractivity contribution in [3.8, 4) is 34.5 Å². The fourth-order valence-electron chi connectivity index (χ4n) is 4.17. The number of likely N-dealkylation sites (tertiary alicyclic amines) is 1. The average Bonchev–Trinajstić information content (AvgIpc) is 3.66. The minimum absolute atomic E-state index is 0.0824. The number of carbonyl (C=O) groups is 1. The van der Waals surface area contributed by atoms with Crippen LogP contribution in [0.4, 0.5) is 0 Å². The summed E-state index contributed by atoms with van der Waals surface area (Å²) in [7, 11) is 0. The molecule has 0 bridgehead atoms. The molecular formula is C25H27N5O5. The predicted octanol–water partition coefficient (Wildman–Crippen LogP) is 4.08. The maximum Gasteiger partial charge on any atom is 0.275 e. The molecule has 10 nitrogen and oxygen atoms in total. The quantitative estimate of drug-likeness (QED) is 0.363. The highest BCUT2D eigenvalue weighted by Crippen LogP contribution is 2.31. The number of rotatable bonds is 10. The molecule has 0 spiro atoms. The van der Waals surface area contributed by atoms with E-state index >= 15 is 0 Å². The molecule has 3 aromatic heterocycles. The number of furan rings is 1. The van der Waals surface area contributed by atoms with E-state index in [1.54, 1.807) is 18.4 Å². The van der Waals surface area contributed by atoms with E-state index in [4.69, 9.17) is 18.4 Å². The van der Waals surface area contributed by atoms with Crippen LogP contribution < -0.4 is 9.47 Å². The van der Waals surface area contributed by atoms with Crippen LogP contribution in [0.5, 0.6) is 11.5 Å². The zero-order chi connectivity index (χ0) is 24.2. The Kier molecular flexibility index (Phi) is 6.51. The molecule has 1 aliphatic rings. The van der Waals surface area contributed by atoms with Gasteiger partial charge in [-0.15, -0.1) is 0 Å². The minimum atomic E-state index is -0.119. The lowest BCUT2D eigenvalue weighted by atomic mass is 10.1. The van der Waals surface area contributed by atoms with Gasteiger partial charge in [0.25, 0.3) is 5.89 Å². The summed E-state index contributed by atoms with van der Waals surface area (Å²) >= 11 is 0. The number of carbonyl (C=O) groups excluding carboxylic acids is 1. The molecular weight excluding hydrogens is 450 g/mol. The van der Waals surface area contributed by atoms with E-state index in [-0.39, 0.29) is 11.8 Å². The minimum Gasteiger partial charge on any atom is -0.490 e. The van der Waals surface area contributed by atoms with Crippen LogP contribution in [0.2, 0.25) is 0 Å². The van der Waals surface area contributed by atoms with Crippen molar-refractivity contribution in [1.29, 1.82) is 0 Å². The van der Waals surface area contributed by atoms with Gasteiger partial charge in [0, 0.05) is 31.5 Å². The normalized spacial score (nSPS) is 15.7. The van der Waals surface area contributed by atoms with Gasteiger partial charge in [0.15, 0.2) is 23.1 Å². The van der Waals surface area contributed by atoms with Crippen LogP contribution >= 0.6 is 0 Å². The van der Waals surface area contributed by atoms with Gasteiger partial charge >= 0.3 is 0 Å². The Bertz CT molecular complexity index is 1280. The molecule has 10 heteroatoms. The lowest BCUT2D eigenvalue weighted by Crippen LogP contribution is -2.27. The molecule has 1 amide bonds. The molecule has 1 saturated heterocycles. The van der Waals surface area contributed by atoms with E-state index in [1.807, 2.05) is 43.0 Å². The summed E-state index contributed by atoms with van der Waals surface area (Å²) in [5.41, 5.74) is 2.33. The highest BCUT2D eigenvalue weighted by Gasteiger charge is 2.33. The van der Waals surface area contributed by atoms with E-state index in [0.29, 0.717) is 68.0 Å². The molecule has 35 heavy (non-hydrogen) atoms. The molecule has 0 saturated carbocycles. The topological polar surface area (TPSA) is 120 Å². The summed E-state index contributed by atoms with van der Waals surface area (Å²) < 4.78 is 22.2. The highest BCUT2D eigenvalue weighted by atomic mass is 16.5. The first-order valence-electron chi connectivity index (χ1n) is 11.7. The van der Waals surface area contributed by atoms with Gasteiger partial charge in [-0.05, 0) is 50.1 Å². The van der Waals surface area contributed by atoms with Gasteiger partial charge in [0.05, 0.1) is 19.5 Å². The lowest BCUT2D eigenvalue weighted by molar-refractivity contribution is -0.127. The Balaban J connectivity index is 1.21. The van der Waals surface area contributed by atoms with Gasteiger partial charge in [-0.1, -0.05) is 11.2 Å². The molecule has 4 heterocycles. The Morgan fingerprint density at radius 3 is 2.80 bits per heavy atom. The molecule has 1 aliphatic heterocycles. The van der Waals surface area contributed by atoms with Crippen molar-refractivity contribution in [1.82, 2.24) is 25.2 Å². The van der Waals surface area contributed by atoms with E-state index in [1.165, 1.54) is 0 Å². The summed E-state index contributed by atoms with van der Waals surface area (Å²) in [5, 5.41) is 11.2. The van der Waals surface area contributed by atoms with Crippen molar-refractivity contribution < 1.29 is 23.2 Å². The van der Waals surface area contributed by atoms with Gasteiger partial charge < -0.3 is 23.3 Å². The number of ether oxygens (including phenoxy) is 2. The van der Waals surface area contributed by atoms with Crippen LogP contribution in [0, 0.1) is 0 Å². The second kappa shape index (κ2) is 10.0. The van der Waals surface area contributed by atoms with E-state index < -0.39 is 0 Å². The molecule has 1 fully saturated rings. The summed E-state index contributed by atoms with van der Waals surface area (Å²) in [6, 6.07) is 11.3. The maximum absolute atomic E-state index is 12.7. The van der Waals surface area contributed by atoms with Crippen molar-refractivity contribution in [2.45, 2.75) is 32.6 Å². The lowest BCUT2D eigenvalue weighted by Gasteiger charge is -2.17. The maximum atomic E-state index is 12.7. The molecule has 1 unspecified atom stereocenters. The number of nitrogens with zero attached hydrogens (tertiary/aromatic N) is 4. The van der Waals surface area contributed by atoms with Crippen molar-refractivity contribution in [2.75, 3.05) is 26.3 Å². The number of nitrogens with one attached hydrogen (secondary N) is 1. The zero-order valence-corrected chi connectivity index (χ0v) is 19.7. The SMILES string of the molecule is CCOc1ccc(CCN2CC(c3noc(-c4cc(-c5ccco5)n[nH]4)n3)CC2=O)cc1OCC. The predicted molar refractivity (Wildman–Crippen MR) is 126 cm³/mol. The van der Waals surface area contributed by atoms with E-state index in [0.717, 1.165) is 17.1 Å². The third-order valence-corrected chi connectivity index (χ3v) is 5.88. The Morgan fingerprint density at radius 1 is 1.14 bits per heavy atom. The third kappa shape index (κ3) is 4.91. The molecule has 182 valence electrons. The first-order chi connectivity index (χ1) is 17.1. The van der Waals surface area contributed by atoms with Crippen molar-refractivity contribution in [2.24, 2.45) is 0 Å². The summed E-state index contributed by atoms with van der Waals surface area (Å²) in [4.78, 5) is 19.0. The number of H-pyrrole nitrogens is 1. The zero-order valence-electron chi connectivity index (χ0n) is 19.7. The van der Waals surface area contributed by atoms with Gasteiger partial charge in [-0.2, -0.15) is 10.1 Å². The van der Waals surface area contributed by atoms with E-state index in [9.17, 15) is 4.79 Å². The second-order valence-corrected chi connectivity index (χ2v) is 8.24. The molecule has 1 atom stereocenters. The van der Waals surface area contributed by atoms with Gasteiger partial charge in [-0.25, -0.2) is 0 Å². The Labute approximate surface area is 202 Å². The molecule has 4 aromatic rings. The summed E-state index contributed by atoms with van der Waals surface area (Å²) in [5.74, 6) is 2.91. The summed E-state index contributed by atoms with van der Waals surface area (Å²) in [6.45, 7) is 6.18. The molecule has 1 N–H and O–H groups in total. The van der Waals surface area contributed by atoms with E-state index in [2.05, 4.69) is 20.3 Å². The van der Waals surface area contributed by atoms with Crippen molar-refractivity contribution in [3.63, 3.8) is 0 Å². The number of hydrogen-bond donors (Lipinski definition) is 1. The number of aromatic nitrogens is 4. The number of benzene rings is 1. The molecule has 0 aliphatic carbocycles. The second-order valence-electron chi connectivity index (χ2n) is 8.24. The smallest absolute Gasteiger partial charge is 0.275 e. The Morgan fingerprint density at radius 2 is 2.00 bits per heavy atom. The molecule has 0 radical (unpaired) electrons. The van der Waals surface area contributed by atoms with Crippen LogP contribution in [0.3, 0.4) is 0 Å². The fraction of sp³-hybridized carbons (Fsp3) is 0.360. The van der Waals surface area contributed by atoms with Crippen LogP contribution in [-0.2, 0) is 11.2 Å². The van der Waals surface area contributed by atoms with Crippen LogP contribution in [0.1, 0.15) is 37.6 Å². The summed E-state index contributed by atoms with van der Waals surface area (Å²) in [6.07, 6.45) is 2.66. The molecule has 1 aromatic carbocycles. The largest absolute Gasteiger partial charge is 0.490 e. The number of hydrogen-bond acceptors (Lipinski definition) is 8. The number of aromatic amines is 1. The van der Waals surface area contributed by atoms with Crippen molar-refractivity contribution in [3.05, 3.63) is 54.0 Å². The first kappa shape index (κ1) is 22.7. The molecule has 5 rings (SSSR count).